The molecule has 3 atom stereocenters. The van der Waals surface area contributed by atoms with Gasteiger partial charge in [-0.05, 0) is 38.0 Å². The molecular weight excluding hydrogens is 162 g/mol. The van der Waals surface area contributed by atoms with Gasteiger partial charge >= 0.3 is 0 Å². The summed E-state index contributed by atoms with van der Waals surface area (Å²) in [4.78, 5) is 0. The summed E-state index contributed by atoms with van der Waals surface area (Å²) in [6.07, 6.45) is 5.88. The Bertz CT molecular complexity index is 160. The van der Waals surface area contributed by atoms with E-state index in [9.17, 15) is 0 Å². The Balaban J connectivity index is 1.60. The molecule has 0 aromatic heterocycles. The first-order valence-corrected chi connectivity index (χ1v) is 5.71. The van der Waals surface area contributed by atoms with E-state index in [1.54, 1.807) is 0 Å². The van der Waals surface area contributed by atoms with Crippen LogP contribution in [0.2, 0.25) is 0 Å². The molecule has 2 heteroatoms. The van der Waals surface area contributed by atoms with Gasteiger partial charge in [0.25, 0.3) is 0 Å². The highest BCUT2D eigenvalue weighted by molar-refractivity contribution is 4.93. The SMILES string of the molecule is CCOCCN[C@@H]1C[C@H]2CC[C@@H]1C2. The number of rotatable bonds is 5. The van der Waals surface area contributed by atoms with Crippen molar-refractivity contribution in [1.29, 1.82) is 0 Å². The fourth-order valence-corrected chi connectivity index (χ4v) is 2.96. The molecule has 2 aliphatic rings. The number of hydrogen-bond donors (Lipinski definition) is 1. The average Bonchev–Trinajstić information content (AvgIpc) is 2.73. The Morgan fingerprint density at radius 2 is 2.23 bits per heavy atom. The van der Waals surface area contributed by atoms with Gasteiger partial charge in [0.1, 0.15) is 0 Å². The first-order chi connectivity index (χ1) is 6.40. The highest BCUT2D eigenvalue weighted by Gasteiger charge is 2.38. The van der Waals surface area contributed by atoms with Crippen LogP contribution in [0.5, 0.6) is 0 Å². The minimum atomic E-state index is 0.819. The molecule has 2 bridgehead atoms. The van der Waals surface area contributed by atoms with E-state index >= 15 is 0 Å². The lowest BCUT2D eigenvalue weighted by Gasteiger charge is -2.22. The number of nitrogens with one attached hydrogen (secondary N) is 1. The third-order valence-electron chi connectivity index (χ3n) is 3.60. The van der Waals surface area contributed by atoms with Gasteiger partial charge in [-0.3, -0.25) is 0 Å². The minimum absolute atomic E-state index is 0.819. The number of ether oxygens (including phenoxy) is 1. The van der Waals surface area contributed by atoms with E-state index in [1.165, 1.54) is 25.7 Å². The number of hydrogen-bond acceptors (Lipinski definition) is 2. The zero-order valence-corrected chi connectivity index (χ0v) is 8.59. The maximum Gasteiger partial charge on any atom is 0.0590 e. The maximum absolute atomic E-state index is 5.31. The monoisotopic (exact) mass is 183 g/mol. The van der Waals surface area contributed by atoms with Crippen LogP contribution in [0.4, 0.5) is 0 Å². The third-order valence-corrected chi connectivity index (χ3v) is 3.60. The summed E-state index contributed by atoms with van der Waals surface area (Å²) in [6.45, 7) is 4.82. The van der Waals surface area contributed by atoms with Crippen LogP contribution in [-0.2, 0) is 4.74 Å². The molecule has 2 saturated carbocycles. The molecule has 13 heavy (non-hydrogen) atoms. The van der Waals surface area contributed by atoms with Gasteiger partial charge < -0.3 is 10.1 Å². The summed E-state index contributed by atoms with van der Waals surface area (Å²) in [7, 11) is 0. The summed E-state index contributed by atoms with van der Waals surface area (Å²) in [5.74, 6) is 2.04. The molecule has 0 unspecified atom stereocenters. The Hall–Kier alpha value is -0.0800. The van der Waals surface area contributed by atoms with Gasteiger partial charge in [-0.1, -0.05) is 6.42 Å². The van der Waals surface area contributed by atoms with Crippen LogP contribution in [-0.4, -0.2) is 25.8 Å². The van der Waals surface area contributed by atoms with Gasteiger partial charge in [0.05, 0.1) is 6.61 Å². The van der Waals surface area contributed by atoms with Crippen molar-refractivity contribution in [3.63, 3.8) is 0 Å². The standard InChI is InChI=1S/C11H21NO/c1-2-13-6-5-12-11-8-9-3-4-10(11)7-9/h9-12H,2-8H2,1H3/t9-,10+,11+/m0/s1. The second kappa shape index (κ2) is 4.43. The Morgan fingerprint density at radius 1 is 1.31 bits per heavy atom. The quantitative estimate of drug-likeness (QED) is 0.656. The molecule has 0 aromatic rings. The van der Waals surface area contributed by atoms with E-state index in [4.69, 9.17) is 4.74 Å². The summed E-state index contributed by atoms with van der Waals surface area (Å²) >= 11 is 0. The predicted octanol–water partition coefficient (Wildman–Crippen LogP) is 1.80. The maximum atomic E-state index is 5.31. The first kappa shape index (κ1) is 9.47. The van der Waals surface area contributed by atoms with Crippen molar-refractivity contribution in [2.24, 2.45) is 11.8 Å². The van der Waals surface area contributed by atoms with Crippen molar-refractivity contribution in [2.75, 3.05) is 19.8 Å². The third kappa shape index (κ3) is 2.23. The van der Waals surface area contributed by atoms with Crippen molar-refractivity contribution in [3.05, 3.63) is 0 Å². The van der Waals surface area contributed by atoms with Gasteiger partial charge in [-0.25, -0.2) is 0 Å². The molecule has 0 heterocycles. The fraction of sp³-hybridized carbons (Fsp3) is 1.00. The summed E-state index contributed by atoms with van der Waals surface area (Å²) < 4.78 is 5.31. The van der Waals surface area contributed by atoms with Gasteiger partial charge in [0.15, 0.2) is 0 Å². The Kier molecular flexibility index (Phi) is 3.23. The zero-order valence-electron chi connectivity index (χ0n) is 8.59. The molecule has 0 spiro atoms. The highest BCUT2D eigenvalue weighted by Crippen LogP contribution is 2.44. The van der Waals surface area contributed by atoms with Gasteiger partial charge in [0.2, 0.25) is 0 Å². The molecule has 0 radical (unpaired) electrons. The van der Waals surface area contributed by atoms with Crippen LogP contribution in [0.3, 0.4) is 0 Å². The number of fused-ring (bicyclic) bond motifs is 2. The minimum Gasteiger partial charge on any atom is -0.380 e. The van der Waals surface area contributed by atoms with Gasteiger partial charge in [-0.2, -0.15) is 0 Å². The second-order valence-corrected chi connectivity index (χ2v) is 4.43. The van der Waals surface area contributed by atoms with E-state index < -0.39 is 0 Å². The lowest BCUT2D eigenvalue weighted by molar-refractivity contribution is 0.144. The van der Waals surface area contributed by atoms with Crippen molar-refractivity contribution in [1.82, 2.24) is 5.32 Å². The average molecular weight is 183 g/mol. The predicted molar refractivity (Wildman–Crippen MR) is 53.7 cm³/mol. The molecule has 0 aliphatic heterocycles. The fourth-order valence-electron chi connectivity index (χ4n) is 2.96. The molecule has 2 fully saturated rings. The topological polar surface area (TPSA) is 21.3 Å². The molecular formula is C11H21NO. The van der Waals surface area contributed by atoms with Crippen LogP contribution in [0.1, 0.15) is 32.6 Å². The molecule has 0 saturated heterocycles. The molecule has 1 N–H and O–H groups in total. The van der Waals surface area contributed by atoms with Gasteiger partial charge in [0, 0.05) is 19.2 Å². The molecule has 2 aliphatic carbocycles. The largest absolute Gasteiger partial charge is 0.380 e. The van der Waals surface area contributed by atoms with Crippen LogP contribution in [0.25, 0.3) is 0 Å². The summed E-state index contributed by atoms with van der Waals surface area (Å²) in [5.41, 5.74) is 0. The van der Waals surface area contributed by atoms with E-state index in [1.807, 2.05) is 0 Å². The van der Waals surface area contributed by atoms with E-state index in [2.05, 4.69) is 12.2 Å². The van der Waals surface area contributed by atoms with Crippen LogP contribution in [0, 0.1) is 11.8 Å². The molecule has 76 valence electrons. The second-order valence-electron chi connectivity index (χ2n) is 4.43. The van der Waals surface area contributed by atoms with Crippen molar-refractivity contribution < 1.29 is 4.74 Å². The van der Waals surface area contributed by atoms with Crippen LogP contribution in [0.15, 0.2) is 0 Å². The van der Waals surface area contributed by atoms with Crippen molar-refractivity contribution >= 4 is 0 Å². The summed E-state index contributed by atoms with van der Waals surface area (Å²) in [6, 6.07) is 0.819. The first-order valence-electron chi connectivity index (χ1n) is 5.71. The highest BCUT2D eigenvalue weighted by atomic mass is 16.5. The van der Waals surface area contributed by atoms with E-state index in [0.29, 0.717) is 0 Å². The Labute approximate surface area is 81.0 Å². The zero-order chi connectivity index (χ0) is 9.10. The van der Waals surface area contributed by atoms with E-state index in [0.717, 1.165) is 37.6 Å². The van der Waals surface area contributed by atoms with Crippen molar-refractivity contribution in [3.8, 4) is 0 Å². The van der Waals surface area contributed by atoms with E-state index in [-0.39, 0.29) is 0 Å². The van der Waals surface area contributed by atoms with Crippen molar-refractivity contribution in [2.45, 2.75) is 38.6 Å². The van der Waals surface area contributed by atoms with Gasteiger partial charge in [-0.15, -0.1) is 0 Å². The Morgan fingerprint density at radius 3 is 2.85 bits per heavy atom. The lowest BCUT2D eigenvalue weighted by atomic mass is 9.95. The molecule has 0 aromatic carbocycles. The van der Waals surface area contributed by atoms with Crippen LogP contribution < -0.4 is 5.32 Å². The molecule has 2 rings (SSSR count). The van der Waals surface area contributed by atoms with Crippen LogP contribution >= 0.6 is 0 Å². The smallest absolute Gasteiger partial charge is 0.0590 e. The molecule has 0 amide bonds. The summed E-state index contributed by atoms with van der Waals surface area (Å²) in [5, 5.41) is 3.62. The normalized spacial score (nSPS) is 37.2. The lowest BCUT2D eigenvalue weighted by Crippen LogP contribution is -2.36. The molecule has 2 nitrogen and oxygen atoms in total.